The zero-order valence-electron chi connectivity index (χ0n) is 7.49. The molecule has 1 N–H and O–H groups in total. The van der Waals surface area contributed by atoms with Crippen LogP contribution in [0.4, 0.5) is 0 Å². The summed E-state index contributed by atoms with van der Waals surface area (Å²) in [5.41, 5.74) is 2.25. The van der Waals surface area contributed by atoms with Crippen LogP contribution in [0.25, 0.3) is 0 Å². The Morgan fingerprint density at radius 2 is 2.23 bits per heavy atom. The molecule has 0 atom stereocenters. The van der Waals surface area contributed by atoms with Crippen molar-refractivity contribution in [3.8, 4) is 6.07 Å². The summed E-state index contributed by atoms with van der Waals surface area (Å²) >= 11 is 0. The van der Waals surface area contributed by atoms with Gasteiger partial charge in [0.15, 0.2) is 6.07 Å². The van der Waals surface area contributed by atoms with Gasteiger partial charge in [0.05, 0.1) is 0 Å². The van der Waals surface area contributed by atoms with E-state index in [1.165, 1.54) is 18.4 Å². The van der Waals surface area contributed by atoms with E-state index in [-0.39, 0.29) is 0 Å². The summed E-state index contributed by atoms with van der Waals surface area (Å²) in [5, 5.41) is 18.2. The van der Waals surface area contributed by atoms with Crippen LogP contribution < -0.4 is 4.73 Å². The second-order valence-electron chi connectivity index (χ2n) is 3.46. The van der Waals surface area contributed by atoms with Crippen LogP contribution in [0.5, 0.6) is 0 Å². The number of rotatable bonds is 1. The normalized spacial score (nSPS) is 15.4. The van der Waals surface area contributed by atoms with Gasteiger partial charge in [-0.15, -0.1) is 0 Å². The number of pyridine rings is 1. The van der Waals surface area contributed by atoms with Crippen molar-refractivity contribution in [3.63, 3.8) is 0 Å². The lowest BCUT2D eigenvalue weighted by Crippen LogP contribution is -2.38. The van der Waals surface area contributed by atoms with Gasteiger partial charge in [0.25, 0.3) is 0 Å². The molecule has 1 saturated carbocycles. The zero-order valence-corrected chi connectivity index (χ0v) is 7.49. The fraction of sp³-hybridized carbons (Fsp3) is 0.400. The molecule has 0 spiro atoms. The van der Waals surface area contributed by atoms with Crippen LogP contribution in [0.1, 0.15) is 35.7 Å². The molecule has 2 rings (SSSR count). The molecule has 0 bridgehead atoms. The van der Waals surface area contributed by atoms with Gasteiger partial charge in [-0.25, -0.2) is 0 Å². The van der Waals surface area contributed by atoms with Crippen LogP contribution in [-0.2, 0) is 0 Å². The van der Waals surface area contributed by atoms with E-state index >= 15 is 0 Å². The largest absolute Gasteiger partial charge is 0.333 e. The summed E-state index contributed by atoms with van der Waals surface area (Å²) in [6.45, 7) is 1.84. The average Bonchev–Trinajstić information content (AvgIpc) is 2.93. The summed E-state index contributed by atoms with van der Waals surface area (Å²) in [4.78, 5) is 0. The van der Waals surface area contributed by atoms with Crippen LogP contribution in [0.3, 0.4) is 0 Å². The second kappa shape index (κ2) is 2.74. The molecule has 13 heavy (non-hydrogen) atoms. The van der Waals surface area contributed by atoms with Gasteiger partial charge in [-0.2, -0.15) is 5.26 Å². The van der Waals surface area contributed by atoms with Gasteiger partial charge in [-0.1, -0.05) is 0 Å². The highest BCUT2D eigenvalue weighted by molar-refractivity contribution is 5.28. The van der Waals surface area contributed by atoms with E-state index in [0.29, 0.717) is 11.6 Å². The van der Waals surface area contributed by atoms with Crippen LogP contribution in [-0.4, -0.2) is 5.21 Å². The number of nitrogens with zero attached hydrogens (tertiary/aromatic N) is 2. The highest BCUT2D eigenvalue weighted by Crippen LogP contribution is 2.40. The van der Waals surface area contributed by atoms with E-state index in [1.807, 2.05) is 19.1 Å². The van der Waals surface area contributed by atoms with Gasteiger partial charge in [0.2, 0.25) is 5.69 Å². The predicted molar refractivity (Wildman–Crippen MR) is 45.2 cm³/mol. The molecule has 1 aliphatic rings. The molecule has 1 aromatic rings. The quantitative estimate of drug-likeness (QED) is 0.516. The van der Waals surface area contributed by atoms with Gasteiger partial charge < -0.3 is 0 Å². The minimum Gasteiger partial charge on any atom is -0.283 e. The number of aromatic nitrogens is 1. The Balaban J connectivity index is 2.52. The molecule has 1 aliphatic carbocycles. The number of hydrogen-bond acceptors (Lipinski definition) is 2. The molecule has 0 aromatic carbocycles. The van der Waals surface area contributed by atoms with Gasteiger partial charge in [0, 0.05) is 23.3 Å². The first-order valence-corrected chi connectivity index (χ1v) is 4.39. The van der Waals surface area contributed by atoms with E-state index in [4.69, 9.17) is 5.26 Å². The van der Waals surface area contributed by atoms with Gasteiger partial charge in [0.1, 0.15) is 0 Å². The summed E-state index contributed by atoms with van der Waals surface area (Å²) in [6, 6.07) is 5.55. The van der Waals surface area contributed by atoms with Crippen molar-refractivity contribution in [3.05, 3.63) is 29.1 Å². The minimum absolute atomic E-state index is 0.293. The van der Waals surface area contributed by atoms with Crippen molar-refractivity contribution in [2.24, 2.45) is 0 Å². The maximum atomic E-state index is 9.55. The smallest absolute Gasteiger partial charge is 0.283 e. The summed E-state index contributed by atoms with van der Waals surface area (Å²) in [5.74, 6) is 0.603. The molecule has 0 aliphatic heterocycles. The molecule has 3 nitrogen and oxygen atoms in total. The average molecular weight is 175 g/mol. The van der Waals surface area contributed by atoms with E-state index in [2.05, 4.69) is 0 Å². The lowest BCUT2D eigenvalue weighted by Gasteiger charge is -1.98. The lowest BCUT2D eigenvalue weighted by molar-refractivity contribution is -0.910. The molecular formula is C10H11N2O+. The highest BCUT2D eigenvalue weighted by Gasteiger charge is 2.30. The van der Waals surface area contributed by atoms with E-state index in [0.717, 1.165) is 10.4 Å². The van der Waals surface area contributed by atoms with Crippen molar-refractivity contribution in [1.82, 2.24) is 0 Å². The van der Waals surface area contributed by atoms with Crippen molar-refractivity contribution >= 4 is 0 Å². The predicted octanol–water partition coefficient (Wildman–Crippen LogP) is 1.27. The first kappa shape index (κ1) is 8.06. The number of hydrogen-bond donors (Lipinski definition) is 1. The van der Waals surface area contributed by atoms with Crippen LogP contribution in [0, 0.1) is 18.3 Å². The third kappa shape index (κ3) is 1.25. The number of nitriles is 1. The van der Waals surface area contributed by atoms with Gasteiger partial charge in [-0.05, 0) is 24.8 Å². The van der Waals surface area contributed by atoms with Crippen LogP contribution >= 0.6 is 0 Å². The fourth-order valence-corrected chi connectivity index (χ4v) is 1.57. The van der Waals surface area contributed by atoms with E-state index < -0.39 is 0 Å². The van der Waals surface area contributed by atoms with Gasteiger partial charge in [-0.3, -0.25) is 5.21 Å². The lowest BCUT2D eigenvalue weighted by atomic mass is 10.1. The second-order valence-corrected chi connectivity index (χ2v) is 3.46. The molecule has 0 saturated heterocycles. The highest BCUT2D eigenvalue weighted by atomic mass is 16.5. The van der Waals surface area contributed by atoms with Crippen LogP contribution in [0.2, 0.25) is 0 Å². The first-order chi connectivity index (χ1) is 6.24. The van der Waals surface area contributed by atoms with Crippen molar-refractivity contribution in [2.75, 3.05) is 0 Å². The molecule has 0 amide bonds. The van der Waals surface area contributed by atoms with Crippen molar-refractivity contribution in [2.45, 2.75) is 25.7 Å². The first-order valence-electron chi connectivity index (χ1n) is 4.39. The Hall–Kier alpha value is -1.56. The maximum absolute atomic E-state index is 9.55. The van der Waals surface area contributed by atoms with E-state index in [9.17, 15) is 5.21 Å². The summed E-state index contributed by atoms with van der Waals surface area (Å²) < 4.78 is 0.980. The Morgan fingerprint density at radius 3 is 2.77 bits per heavy atom. The monoisotopic (exact) mass is 175 g/mol. The molecule has 1 aromatic heterocycles. The molecule has 0 unspecified atom stereocenters. The molecular weight excluding hydrogens is 164 g/mol. The molecule has 1 heterocycles. The molecule has 1 fully saturated rings. The Morgan fingerprint density at radius 1 is 1.54 bits per heavy atom. The van der Waals surface area contributed by atoms with Crippen LogP contribution in [0.15, 0.2) is 12.1 Å². The SMILES string of the molecule is Cc1c(C2CC2)ccc(C#N)[n+]1O. The Kier molecular flexibility index (Phi) is 1.70. The minimum atomic E-state index is 0.293. The van der Waals surface area contributed by atoms with Crippen molar-refractivity contribution in [1.29, 1.82) is 5.26 Å². The third-order valence-corrected chi connectivity index (χ3v) is 2.52. The molecule has 3 heteroatoms. The zero-order chi connectivity index (χ0) is 9.42. The van der Waals surface area contributed by atoms with Crippen molar-refractivity contribution < 1.29 is 9.94 Å². The topological polar surface area (TPSA) is 47.9 Å². The Labute approximate surface area is 76.8 Å². The molecule has 66 valence electrons. The summed E-state index contributed by atoms with van der Waals surface area (Å²) in [7, 11) is 0. The molecule has 0 radical (unpaired) electrons. The van der Waals surface area contributed by atoms with Gasteiger partial charge >= 0.3 is 5.69 Å². The Bertz CT molecular complexity index is 389. The maximum Gasteiger partial charge on any atom is 0.333 e. The standard InChI is InChI=1S/C10H11N2O/c1-7-10(8-2-3-8)5-4-9(6-11)12(7)13/h4-5,8,13H,2-3H2,1H3/q+1. The fourth-order valence-electron chi connectivity index (χ4n) is 1.57. The van der Waals surface area contributed by atoms with E-state index in [1.54, 1.807) is 6.07 Å². The third-order valence-electron chi connectivity index (χ3n) is 2.52. The summed E-state index contributed by atoms with van der Waals surface area (Å²) in [6.07, 6.45) is 2.40.